The van der Waals surface area contributed by atoms with Crippen LogP contribution in [0.3, 0.4) is 0 Å². The number of rotatable bonds is 4. The summed E-state index contributed by atoms with van der Waals surface area (Å²) in [4.78, 5) is 25.5. The molecule has 2 aromatic rings. The summed E-state index contributed by atoms with van der Waals surface area (Å²) >= 11 is 0. The summed E-state index contributed by atoms with van der Waals surface area (Å²) in [6.45, 7) is 0.544. The van der Waals surface area contributed by atoms with Crippen molar-refractivity contribution in [2.75, 3.05) is 6.54 Å². The van der Waals surface area contributed by atoms with E-state index in [2.05, 4.69) is 0 Å². The largest absolute Gasteiger partial charge is 0.480 e. The van der Waals surface area contributed by atoms with Gasteiger partial charge < -0.3 is 14.7 Å². The normalized spacial score (nSPS) is 24.3. The number of amides is 1. The van der Waals surface area contributed by atoms with E-state index in [1.165, 1.54) is 4.90 Å². The quantitative estimate of drug-likeness (QED) is 0.939. The van der Waals surface area contributed by atoms with Crippen LogP contribution in [0.1, 0.15) is 16.8 Å². The highest BCUT2D eigenvalue weighted by Gasteiger charge is 2.57. The van der Waals surface area contributed by atoms with Crippen molar-refractivity contribution in [3.63, 3.8) is 0 Å². The SMILES string of the molecule is O=C(O)[C@@H]1[C@@H]2C[C@@H]2CN1C(=O)c1ccc(Oc2ccccc2)cc1. The summed E-state index contributed by atoms with van der Waals surface area (Å²) in [6.07, 6.45) is 0.921. The molecule has 1 saturated carbocycles. The van der Waals surface area contributed by atoms with E-state index in [0.717, 1.165) is 12.2 Å². The lowest BCUT2D eigenvalue weighted by molar-refractivity contribution is -0.142. The molecule has 4 rings (SSSR count). The molecule has 2 fully saturated rings. The highest BCUT2D eigenvalue weighted by Crippen LogP contribution is 2.49. The monoisotopic (exact) mass is 323 g/mol. The number of carboxylic acid groups (broad SMARTS) is 1. The summed E-state index contributed by atoms with van der Waals surface area (Å²) in [7, 11) is 0. The number of benzene rings is 2. The second kappa shape index (κ2) is 5.67. The van der Waals surface area contributed by atoms with Crippen molar-refractivity contribution in [1.82, 2.24) is 4.90 Å². The Morgan fingerprint density at radius 2 is 1.67 bits per heavy atom. The molecule has 3 atom stereocenters. The fourth-order valence-electron chi connectivity index (χ4n) is 3.45. The number of para-hydroxylation sites is 1. The van der Waals surface area contributed by atoms with Crippen molar-refractivity contribution in [3.8, 4) is 11.5 Å². The highest BCUT2D eigenvalue weighted by molar-refractivity contribution is 5.97. The van der Waals surface area contributed by atoms with Crippen LogP contribution in [0.15, 0.2) is 54.6 Å². The zero-order chi connectivity index (χ0) is 16.7. The zero-order valence-electron chi connectivity index (χ0n) is 13.0. The molecule has 1 heterocycles. The number of hydrogen-bond acceptors (Lipinski definition) is 3. The number of carbonyl (C=O) groups excluding carboxylic acids is 1. The third-order valence-electron chi connectivity index (χ3n) is 4.74. The van der Waals surface area contributed by atoms with E-state index >= 15 is 0 Å². The average Bonchev–Trinajstić information content (AvgIpc) is 3.25. The van der Waals surface area contributed by atoms with Gasteiger partial charge in [-0.2, -0.15) is 0 Å². The predicted molar refractivity (Wildman–Crippen MR) is 87.0 cm³/mol. The van der Waals surface area contributed by atoms with Crippen LogP contribution >= 0.6 is 0 Å². The first-order chi connectivity index (χ1) is 11.6. The fraction of sp³-hybridized carbons (Fsp3) is 0.263. The number of carboxylic acids is 1. The molecule has 1 aliphatic carbocycles. The van der Waals surface area contributed by atoms with E-state index in [9.17, 15) is 14.7 Å². The number of piperidine rings is 1. The highest BCUT2D eigenvalue weighted by atomic mass is 16.5. The molecule has 1 N–H and O–H groups in total. The molecule has 122 valence electrons. The van der Waals surface area contributed by atoms with Crippen LogP contribution in [0.5, 0.6) is 11.5 Å². The van der Waals surface area contributed by atoms with E-state index in [1.807, 2.05) is 30.3 Å². The maximum Gasteiger partial charge on any atom is 0.326 e. The van der Waals surface area contributed by atoms with E-state index in [4.69, 9.17) is 4.74 Å². The van der Waals surface area contributed by atoms with Gasteiger partial charge in [0.1, 0.15) is 17.5 Å². The molecule has 1 saturated heterocycles. The van der Waals surface area contributed by atoms with Crippen molar-refractivity contribution >= 4 is 11.9 Å². The summed E-state index contributed by atoms with van der Waals surface area (Å²) in [5.74, 6) is 0.722. The van der Waals surface area contributed by atoms with Crippen LogP contribution in [0.4, 0.5) is 0 Å². The van der Waals surface area contributed by atoms with Gasteiger partial charge in [0.25, 0.3) is 5.91 Å². The maximum atomic E-state index is 12.6. The lowest BCUT2D eigenvalue weighted by Gasteiger charge is -2.24. The molecule has 5 nitrogen and oxygen atoms in total. The molecule has 1 aliphatic heterocycles. The number of hydrogen-bond donors (Lipinski definition) is 1. The van der Waals surface area contributed by atoms with E-state index in [-0.39, 0.29) is 11.8 Å². The second-order valence-corrected chi connectivity index (χ2v) is 6.34. The van der Waals surface area contributed by atoms with Crippen LogP contribution in [0.2, 0.25) is 0 Å². The van der Waals surface area contributed by atoms with Gasteiger partial charge in [0.15, 0.2) is 0 Å². The standard InChI is InChI=1S/C19H17NO4/c21-18(20-11-13-10-16(13)17(20)19(22)23)12-6-8-15(9-7-12)24-14-4-2-1-3-5-14/h1-9,13,16-17H,10-11H2,(H,22,23)/t13-,16-,17+/m1/s1. The van der Waals surface area contributed by atoms with Gasteiger partial charge in [-0.1, -0.05) is 18.2 Å². The van der Waals surface area contributed by atoms with Gasteiger partial charge in [0, 0.05) is 12.1 Å². The molecule has 5 heteroatoms. The van der Waals surface area contributed by atoms with Gasteiger partial charge in [-0.05, 0) is 54.7 Å². The number of fused-ring (bicyclic) bond motifs is 1. The third kappa shape index (κ3) is 2.62. The smallest absolute Gasteiger partial charge is 0.326 e. The number of ether oxygens (including phenoxy) is 1. The van der Waals surface area contributed by atoms with Crippen molar-refractivity contribution in [2.24, 2.45) is 11.8 Å². The van der Waals surface area contributed by atoms with Crippen LogP contribution in [-0.4, -0.2) is 34.5 Å². The number of carbonyl (C=O) groups is 2. The van der Waals surface area contributed by atoms with Crippen molar-refractivity contribution in [2.45, 2.75) is 12.5 Å². The minimum atomic E-state index is -0.905. The van der Waals surface area contributed by atoms with Crippen LogP contribution in [-0.2, 0) is 4.79 Å². The molecule has 0 spiro atoms. The van der Waals surface area contributed by atoms with E-state index in [1.54, 1.807) is 24.3 Å². The molecular formula is C19H17NO4. The molecule has 2 aliphatic rings. The first kappa shape index (κ1) is 14.8. The maximum absolute atomic E-state index is 12.6. The average molecular weight is 323 g/mol. The molecule has 0 aromatic heterocycles. The summed E-state index contributed by atoms with van der Waals surface area (Å²) < 4.78 is 5.70. The van der Waals surface area contributed by atoms with Gasteiger partial charge in [-0.15, -0.1) is 0 Å². The summed E-state index contributed by atoms with van der Waals surface area (Å²) in [5.41, 5.74) is 0.489. The Bertz CT molecular complexity index is 772. The molecule has 2 aromatic carbocycles. The van der Waals surface area contributed by atoms with Gasteiger partial charge in [-0.3, -0.25) is 4.79 Å². The molecule has 0 unspecified atom stereocenters. The third-order valence-corrected chi connectivity index (χ3v) is 4.74. The predicted octanol–water partition coefficient (Wildman–Crippen LogP) is 3.02. The van der Waals surface area contributed by atoms with Crippen molar-refractivity contribution in [1.29, 1.82) is 0 Å². The topological polar surface area (TPSA) is 66.8 Å². The number of likely N-dealkylation sites (tertiary alicyclic amines) is 1. The van der Waals surface area contributed by atoms with Crippen molar-refractivity contribution in [3.05, 3.63) is 60.2 Å². The molecular weight excluding hydrogens is 306 g/mol. The van der Waals surface area contributed by atoms with Crippen molar-refractivity contribution < 1.29 is 19.4 Å². The molecule has 1 amide bonds. The van der Waals surface area contributed by atoms with E-state index in [0.29, 0.717) is 23.8 Å². The zero-order valence-corrected chi connectivity index (χ0v) is 13.0. The van der Waals surface area contributed by atoms with Crippen LogP contribution < -0.4 is 4.74 Å². The Morgan fingerprint density at radius 1 is 1.00 bits per heavy atom. The fourth-order valence-corrected chi connectivity index (χ4v) is 3.45. The molecule has 0 radical (unpaired) electrons. The lowest BCUT2D eigenvalue weighted by Crippen LogP contribution is -2.43. The first-order valence-electron chi connectivity index (χ1n) is 8.00. The van der Waals surface area contributed by atoms with Gasteiger partial charge >= 0.3 is 5.97 Å². The Kier molecular flexibility index (Phi) is 3.49. The molecule has 0 bridgehead atoms. The number of nitrogens with zero attached hydrogens (tertiary/aromatic N) is 1. The van der Waals surface area contributed by atoms with Crippen LogP contribution in [0, 0.1) is 11.8 Å². The second-order valence-electron chi connectivity index (χ2n) is 6.34. The lowest BCUT2D eigenvalue weighted by atomic mass is 10.1. The van der Waals surface area contributed by atoms with Gasteiger partial charge in [-0.25, -0.2) is 4.79 Å². The number of aliphatic carboxylic acids is 1. The summed E-state index contributed by atoms with van der Waals surface area (Å²) in [5, 5.41) is 9.37. The Hall–Kier alpha value is -2.82. The van der Waals surface area contributed by atoms with Crippen LogP contribution in [0.25, 0.3) is 0 Å². The summed E-state index contributed by atoms with van der Waals surface area (Å²) in [6, 6.07) is 15.5. The Balaban J connectivity index is 1.48. The Morgan fingerprint density at radius 3 is 2.33 bits per heavy atom. The first-order valence-corrected chi connectivity index (χ1v) is 8.00. The Labute approximate surface area is 139 Å². The van der Waals surface area contributed by atoms with E-state index < -0.39 is 12.0 Å². The minimum absolute atomic E-state index is 0.132. The van der Waals surface area contributed by atoms with Gasteiger partial charge in [0.05, 0.1) is 0 Å². The molecule has 24 heavy (non-hydrogen) atoms. The van der Waals surface area contributed by atoms with Gasteiger partial charge in [0.2, 0.25) is 0 Å². The minimum Gasteiger partial charge on any atom is -0.480 e.